The molecular formula is C25H23FN2O5. The van der Waals surface area contributed by atoms with Crippen LogP contribution in [0, 0.1) is 12.7 Å². The van der Waals surface area contributed by atoms with Crippen LogP contribution in [0.1, 0.15) is 60.1 Å². The normalized spacial score (nSPS) is 25.0. The predicted molar refractivity (Wildman–Crippen MR) is 117 cm³/mol. The SMILES string of the molecule is CC[C@@]1(O)C(=O)OCc2c1cc1n(c2=O)Cc2c-1nc1cc(F)c(C)c3c1c2C(C)(O)CC3. The van der Waals surface area contributed by atoms with Gasteiger partial charge in [0, 0.05) is 28.1 Å². The second-order valence-electron chi connectivity index (χ2n) is 9.55. The maximum atomic E-state index is 14.7. The van der Waals surface area contributed by atoms with Crippen molar-refractivity contribution in [2.24, 2.45) is 0 Å². The second kappa shape index (κ2) is 6.27. The number of aromatic nitrogens is 2. The van der Waals surface area contributed by atoms with E-state index < -0.39 is 17.2 Å². The molecule has 1 aromatic carbocycles. The van der Waals surface area contributed by atoms with Gasteiger partial charge in [-0.05, 0) is 50.3 Å². The number of aryl methyl sites for hydroxylation is 1. The Kier molecular flexibility index (Phi) is 3.90. The van der Waals surface area contributed by atoms with Crippen LogP contribution in [0.3, 0.4) is 0 Å². The number of hydrogen-bond acceptors (Lipinski definition) is 6. The third kappa shape index (κ3) is 2.42. The molecule has 0 saturated heterocycles. The van der Waals surface area contributed by atoms with E-state index in [-0.39, 0.29) is 42.1 Å². The molecule has 0 bridgehead atoms. The average molecular weight is 450 g/mol. The lowest BCUT2D eigenvalue weighted by Crippen LogP contribution is -2.44. The summed E-state index contributed by atoms with van der Waals surface area (Å²) in [6, 6.07) is 3.00. The quantitative estimate of drug-likeness (QED) is 0.433. The van der Waals surface area contributed by atoms with E-state index in [4.69, 9.17) is 9.72 Å². The Bertz CT molecular complexity index is 1490. The third-order valence-electron chi connectivity index (χ3n) is 7.70. The molecule has 1 aliphatic carbocycles. The Morgan fingerprint density at radius 3 is 2.70 bits per heavy atom. The minimum atomic E-state index is -1.92. The van der Waals surface area contributed by atoms with Crippen molar-refractivity contribution in [1.29, 1.82) is 0 Å². The molecule has 3 aliphatic rings. The molecule has 4 heterocycles. The molecule has 2 aromatic heterocycles. The number of rotatable bonds is 1. The number of aliphatic hydroxyl groups is 2. The Morgan fingerprint density at radius 2 is 1.97 bits per heavy atom. The minimum Gasteiger partial charge on any atom is -0.458 e. The topological polar surface area (TPSA) is 102 Å². The molecule has 170 valence electrons. The number of carbonyl (C=O) groups excluding carboxylic acids is 1. The molecule has 7 nitrogen and oxygen atoms in total. The zero-order chi connectivity index (χ0) is 23.4. The highest BCUT2D eigenvalue weighted by Crippen LogP contribution is 2.47. The van der Waals surface area contributed by atoms with Gasteiger partial charge in [0.05, 0.1) is 34.6 Å². The Hall–Kier alpha value is -3.10. The molecule has 1 unspecified atom stereocenters. The summed E-state index contributed by atoms with van der Waals surface area (Å²) in [6.45, 7) is 5.11. The lowest BCUT2D eigenvalue weighted by molar-refractivity contribution is -0.172. The van der Waals surface area contributed by atoms with Gasteiger partial charge < -0.3 is 19.5 Å². The standard InChI is InChI=1S/C25H23FN2O5/c1-4-25(32)15-7-18-21-13(9-28(18)22(29)14(15)10-33-23(25)30)20-19-12(5-6-24(20,3)31)11(2)16(26)8-17(19)27-21/h7-8,31-32H,4-6,9-10H2,1-3H3/t24?,25-/m0/s1. The van der Waals surface area contributed by atoms with Gasteiger partial charge in [0.25, 0.3) is 5.56 Å². The zero-order valence-electron chi connectivity index (χ0n) is 18.6. The van der Waals surface area contributed by atoms with Gasteiger partial charge in [-0.1, -0.05) is 6.92 Å². The van der Waals surface area contributed by atoms with Gasteiger partial charge >= 0.3 is 5.97 Å². The first kappa shape index (κ1) is 20.5. The van der Waals surface area contributed by atoms with Gasteiger partial charge in [-0.2, -0.15) is 0 Å². The lowest BCUT2D eigenvalue weighted by atomic mass is 9.76. The van der Waals surface area contributed by atoms with E-state index in [1.165, 1.54) is 10.6 Å². The summed E-state index contributed by atoms with van der Waals surface area (Å²) in [5.41, 5.74) is 1.11. The first-order chi connectivity index (χ1) is 15.6. The second-order valence-corrected chi connectivity index (χ2v) is 9.55. The first-order valence-electron chi connectivity index (χ1n) is 11.1. The summed E-state index contributed by atoms with van der Waals surface area (Å²) in [6.07, 6.45) is 1.01. The fourth-order valence-electron chi connectivity index (χ4n) is 5.79. The number of fused-ring (bicyclic) bond motifs is 5. The number of esters is 1. The maximum Gasteiger partial charge on any atom is 0.343 e. The maximum absolute atomic E-state index is 14.7. The minimum absolute atomic E-state index is 0.0491. The fraction of sp³-hybridized carbons (Fsp3) is 0.400. The van der Waals surface area contributed by atoms with Crippen LogP contribution in [0.15, 0.2) is 16.9 Å². The van der Waals surface area contributed by atoms with Crippen LogP contribution in [0.25, 0.3) is 22.3 Å². The number of hydrogen-bond donors (Lipinski definition) is 2. The zero-order valence-corrected chi connectivity index (χ0v) is 18.6. The highest BCUT2D eigenvalue weighted by atomic mass is 19.1. The van der Waals surface area contributed by atoms with Crippen molar-refractivity contribution in [3.63, 3.8) is 0 Å². The molecule has 0 saturated carbocycles. The average Bonchev–Trinajstić information content (AvgIpc) is 3.14. The summed E-state index contributed by atoms with van der Waals surface area (Å²) in [5.74, 6) is -1.15. The number of ether oxygens (including phenoxy) is 1. The lowest BCUT2D eigenvalue weighted by Gasteiger charge is -2.33. The van der Waals surface area contributed by atoms with Crippen LogP contribution in [0.2, 0.25) is 0 Å². The first-order valence-corrected chi connectivity index (χ1v) is 11.1. The van der Waals surface area contributed by atoms with E-state index in [1.54, 1.807) is 26.8 Å². The number of pyridine rings is 2. The Labute approximate surface area is 188 Å². The molecule has 2 atom stereocenters. The number of nitrogens with zero attached hydrogens (tertiary/aromatic N) is 2. The summed E-state index contributed by atoms with van der Waals surface area (Å²) in [5, 5.41) is 23.2. The van der Waals surface area contributed by atoms with Crippen LogP contribution in [0.4, 0.5) is 4.39 Å². The molecule has 8 heteroatoms. The molecular weight excluding hydrogens is 427 g/mol. The van der Waals surface area contributed by atoms with Crippen molar-refractivity contribution in [2.75, 3.05) is 0 Å². The van der Waals surface area contributed by atoms with E-state index in [0.29, 0.717) is 46.4 Å². The Morgan fingerprint density at radius 1 is 1.21 bits per heavy atom. The highest BCUT2D eigenvalue weighted by Gasteiger charge is 2.46. The molecule has 2 N–H and O–H groups in total. The molecule has 0 radical (unpaired) electrons. The van der Waals surface area contributed by atoms with Gasteiger partial charge in [-0.15, -0.1) is 0 Å². The van der Waals surface area contributed by atoms with Gasteiger partial charge in [0.1, 0.15) is 12.4 Å². The van der Waals surface area contributed by atoms with Crippen LogP contribution < -0.4 is 5.56 Å². The van der Waals surface area contributed by atoms with Crippen molar-refractivity contribution >= 4 is 16.9 Å². The van der Waals surface area contributed by atoms with Crippen LogP contribution in [0.5, 0.6) is 0 Å². The van der Waals surface area contributed by atoms with Crippen molar-refractivity contribution in [3.8, 4) is 11.4 Å². The monoisotopic (exact) mass is 450 g/mol. The highest BCUT2D eigenvalue weighted by molar-refractivity contribution is 5.93. The van der Waals surface area contributed by atoms with E-state index in [9.17, 15) is 24.2 Å². The Balaban J connectivity index is 1.72. The molecule has 2 aliphatic heterocycles. The number of carbonyl (C=O) groups is 1. The van der Waals surface area contributed by atoms with Crippen molar-refractivity contribution < 1.29 is 24.1 Å². The fourth-order valence-corrected chi connectivity index (χ4v) is 5.79. The van der Waals surface area contributed by atoms with Crippen LogP contribution in [-0.2, 0) is 40.3 Å². The molecule has 0 spiro atoms. The predicted octanol–water partition coefficient (Wildman–Crippen LogP) is 2.68. The smallest absolute Gasteiger partial charge is 0.343 e. The summed E-state index contributed by atoms with van der Waals surface area (Å²) in [4.78, 5) is 30.6. The van der Waals surface area contributed by atoms with E-state index in [1.807, 2.05) is 0 Å². The largest absolute Gasteiger partial charge is 0.458 e. The summed E-state index contributed by atoms with van der Waals surface area (Å²) in [7, 11) is 0. The molecule has 0 fully saturated rings. The van der Waals surface area contributed by atoms with Gasteiger partial charge in [0.15, 0.2) is 5.60 Å². The molecule has 6 rings (SSSR count). The summed E-state index contributed by atoms with van der Waals surface area (Å²) < 4.78 is 21.4. The van der Waals surface area contributed by atoms with Crippen LogP contribution >= 0.6 is 0 Å². The van der Waals surface area contributed by atoms with Gasteiger partial charge in [0.2, 0.25) is 0 Å². The third-order valence-corrected chi connectivity index (χ3v) is 7.70. The summed E-state index contributed by atoms with van der Waals surface area (Å²) >= 11 is 0. The van der Waals surface area contributed by atoms with Gasteiger partial charge in [-0.3, -0.25) is 4.79 Å². The van der Waals surface area contributed by atoms with Crippen molar-refractivity contribution in [1.82, 2.24) is 9.55 Å². The van der Waals surface area contributed by atoms with Crippen LogP contribution in [-0.4, -0.2) is 25.7 Å². The van der Waals surface area contributed by atoms with E-state index >= 15 is 0 Å². The van der Waals surface area contributed by atoms with Gasteiger partial charge in [-0.25, -0.2) is 14.2 Å². The van der Waals surface area contributed by atoms with E-state index in [0.717, 1.165) is 10.9 Å². The molecule has 0 amide bonds. The van der Waals surface area contributed by atoms with Crippen molar-refractivity contribution in [2.45, 2.75) is 64.4 Å². The number of halogens is 1. The number of cyclic esters (lactones) is 1. The molecule has 33 heavy (non-hydrogen) atoms. The molecule has 3 aromatic rings. The van der Waals surface area contributed by atoms with E-state index in [2.05, 4.69) is 0 Å². The van der Waals surface area contributed by atoms with Crippen molar-refractivity contribution in [3.05, 3.63) is 61.7 Å². The number of benzene rings is 1.